The van der Waals surface area contributed by atoms with Gasteiger partial charge in [0.2, 0.25) is 0 Å². The second kappa shape index (κ2) is 19.3. The molecule has 2 heterocycles. The Morgan fingerprint density at radius 3 is 1.29 bits per heavy atom. The maximum absolute atomic E-state index is 13.1. The molecule has 0 amide bonds. The van der Waals surface area contributed by atoms with Gasteiger partial charge in [0.05, 0.1) is 64.0 Å². The maximum atomic E-state index is 13.1. The minimum absolute atomic E-state index is 0.00365. The summed E-state index contributed by atoms with van der Waals surface area (Å²) in [6.45, 7) is 13.7. The topological polar surface area (TPSA) is 108 Å². The monoisotopic (exact) mass is 792 g/mol. The molecule has 0 unspecified atom stereocenters. The molecular weight excluding hydrogens is 737 g/mol. The number of esters is 2. The summed E-state index contributed by atoms with van der Waals surface area (Å²) in [4.78, 5) is 26.1. The van der Waals surface area contributed by atoms with E-state index >= 15 is 0 Å². The van der Waals surface area contributed by atoms with Gasteiger partial charge in [-0.25, -0.2) is 9.59 Å². The van der Waals surface area contributed by atoms with Gasteiger partial charge in [0, 0.05) is 30.0 Å². The molecule has 0 radical (unpaired) electrons. The van der Waals surface area contributed by atoms with Crippen LogP contribution in [-0.4, -0.2) is 78.0 Å². The lowest BCUT2D eigenvalue weighted by atomic mass is 9.84. The number of unbranched alkanes of at least 4 members (excludes halogenated alkanes) is 2. The summed E-state index contributed by atoms with van der Waals surface area (Å²) in [6.07, 6.45) is 5.76. The highest BCUT2D eigenvalue weighted by molar-refractivity contribution is 5.92. The molecule has 0 spiro atoms. The summed E-state index contributed by atoms with van der Waals surface area (Å²) in [5.74, 6) is 1.46. The van der Waals surface area contributed by atoms with Crippen LogP contribution in [0.15, 0.2) is 84.9 Å². The molecule has 2 saturated heterocycles. The average Bonchev–Trinajstić information content (AvgIpc) is 3.49. The highest BCUT2D eigenvalue weighted by Gasteiger charge is 2.37. The smallest absolute Gasteiger partial charge is 0.343 e. The summed E-state index contributed by atoms with van der Waals surface area (Å²) in [5, 5.41) is 0. The molecule has 2 aliphatic heterocycles. The first-order chi connectivity index (χ1) is 28.3. The zero-order chi connectivity index (χ0) is 40.4. The van der Waals surface area contributed by atoms with Crippen LogP contribution in [0.25, 0.3) is 11.1 Å². The Labute approximate surface area is 342 Å². The van der Waals surface area contributed by atoms with E-state index in [1.54, 1.807) is 48.5 Å². The summed E-state index contributed by atoms with van der Waals surface area (Å²) >= 11 is 0. The zero-order valence-corrected chi connectivity index (χ0v) is 34.1. The Hall–Kier alpha value is -4.74. The van der Waals surface area contributed by atoms with E-state index < -0.39 is 11.9 Å². The number of benzene rings is 4. The molecule has 0 atom stereocenters. The number of rotatable bonds is 22. The van der Waals surface area contributed by atoms with Gasteiger partial charge in [-0.3, -0.25) is 0 Å². The molecule has 10 heteroatoms. The van der Waals surface area contributed by atoms with Crippen molar-refractivity contribution in [2.45, 2.75) is 65.2 Å². The number of hydrogen-bond acceptors (Lipinski definition) is 10. The minimum Gasteiger partial charge on any atom is -0.494 e. The third-order valence-corrected chi connectivity index (χ3v) is 11.7. The highest BCUT2D eigenvalue weighted by atomic mass is 16.5. The molecule has 2 fully saturated rings. The Morgan fingerprint density at radius 1 is 0.552 bits per heavy atom. The van der Waals surface area contributed by atoms with E-state index in [4.69, 9.17) is 37.9 Å². The lowest BCUT2D eigenvalue weighted by molar-refractivity contribution is -0.150. The lowest BCUT2D eigenvalue weighted by Crippen LogP contribution is -2.45. The van der Waals surface area contributed by atoms with Gasteiger partial charge in [0.25, 0.3) is 0 Å². The first-order valence-corrected chi connectivity index (χ1v) is 20.8. The fraction of sp³-hybridized carbons (Fsp3) is 0.458. The molecule has 0 aromatic heterocycles. The summed E-state index contributed by atoms with van der Waals surface area (Å²) in [7, 11) is 0. The first kappa shape index (κ1) is 41.4. The standard InChI is InChI=1S/C48H56O10/c1-4-47(30-53-31-47)28-51-22-6-8-24-55-37-14-10-35(11-15-37)45(49)57-39-18-20-41-42-21-19-40(27-44(42)34(3)43(41)26-39)58-46(50)36-12-16-38(17-13-36)56-25-9-7-23-52-29-48(5-2)32-54-33-48/h10-21,26-27,34H,4-9,22-25,28-33H2,1-3H3. The van der Waals surface area contributed by atoms with E-state index in [2.05, 4.69) is 20.8 Å². The van der Waals surface area contributed by atoms with Gasteiger partial charge in [0.15, 0.2) is 0 Å². The zero-order valence-electron chi connectivity index (χ0n) is 34.1. The molecular formula is C48H56O10. The van der Waals surface area contributed by atoms with Crippen molar-refractivity contribution in [2.75, 3.05) is 66.1 Å². The van der Waals surface area contributed by atoms with Crippen molar-refractivity contribution in [2.24, 2.45) is 10.8 Å². The SMILES string of the molecule is CCC1(COCCCCOc2ccc(C(=O)Oc3ccc4c(c3)C(C)c3cc(OC(=O)c5ccc(OCCCCOCC6(CC)COC6)cc5)ccc3-4)cc2)COC1. The van der Waals surface area contributed by atoms with E-state index in [0.29, 0.717) is 60.6 Å². The Bertz CT molecular complexity index is 1830. The number of fused-ring (bicyclic) bond motifs is 3. The number of carbonyl (C=O) groups is 2. The van der Waals surface area contributed by atoms with Crippen molar-refractivity contribution in [3.8, 4) is 34.1 Å². The highest BCUT2D eigenvalue weighted by Crippen LogP contribution is 2.47. The molecule has 0 saturated carbocycles. The van der Waals surface area contributed by atoms with Gasteiger partial charge in [0.1, 0.15) is 23.0 Å². The van der Waals surface area contributed by atoms with E-state index in [1.165, 1.54) is 0 Å². The summed E-state index contributed by atoms with van der Waals surface area (Å²) in [6, 6.07) is 25.4. The number of hydrogen-bond donors (Lipinski definition) is 0. The van der Waals surface area contributed by atoms with Crippen LogP contribution in [0.2, 0.25) is 0 Å². The molecule has 4 aromatic carbocycles. The second-order valence-electron chi connectivity index (χ2n) is 16.0. The van der Waals surface area contributed by atoms with E-state index in [9.17, 15) is 9.59 Å². The van der Waals surface area contributed by atoms with Crippen LogP contribution < -0.4 is 18.9 Å². The summed E-state index contributed by atoms with van der Waals surface area (Å²) < 4.78 is 45.8. The molecule has 1 aliphatic carbocycles. The molecule has 308 valence electrons. The first-order valence-electron chi connectivity index (χ1n) is 20.8. The van der Waals surface area contributed by atoms with Crippen molar-refractivity contribution >= 4 is 11.9 Å². The van der Waals surface area contributed by atoms with Gasteiger partial charge in [-0.05, 0) is 134 Å². The van der Waals surface area contributed by atoms with Crippen LogP contribution in [0.5, 0.6) is 23.0 Å². The molecule has 4 aromatic rings. The van der Waals surface area contributed by atoms with Gasteiger partial charge < -0.3 is 37.9 Å². The lowest BCUT2D eigenvalue weighted by Gasteiger charge is -2.40. The average molecular weight is 793 g/mol. The van der Waals surface area contributed by atoms with Crippen LogP contribution in [0.4, 0.5) is 0 Å². The van der Waals surface area contributed by atoms with Crippen molar-refractivity contribution < 1.29 is 47.5 Å². The largest absolute Gasteiger partial charge is 0.494 e. The Morgan fingerprint density at radius 2 is 0.931 bits per heavy atom. The van der Waals surface area contributed by atoms with Gasteiger partial charge in [-0.2, -0.15) is 0 Å². The predicted molar refractivity (Wildman–Crippen MR) is 220 cm³/mol. The molecule has 10 nitrogen and oxygen atoms in total. The van der Waals surface area contributed by atoms with Gasteiger partial charge in [-0.1, -0.05) is 32.9 Å². The predicted octanol–water partition coefficient (Wildman–Crippen LogP) is 9.46. The van der Waals surface area contributed by atoms with Crippen LogP contribution >= 0.6 is 0 Å². The molecule has 0 bridgehead atoms. The number of ether oxygens (including phenoxy) is 8. The quantitative estimate of drug-likeness (QED) is 0.0434. The third kappa shape index (κ3) is 10.1. The fourth-order valence-electron chi connectivity index (χ4n) is 7.42. The molecule has 7 rings (SSSR count). The van der Waals surface area contributed by atoms with Crippen molar-refractivity contribution in [1.82, 2.24) is 0 Å². The normalized spacial score (nSPS) is 16.1. The van der Waals surface area contributed by atoms with E-state index in [-0.39, 0.29) is 16.7 Å². The van der Waals surface area contributed by atoms with Crippen molar-refractivity contribution in [3.63, 3.8) is 0 Å². The van der Waals surface area contributed by atoms with Gasteiger partial charge >= 0.3 is 11.9 Å². The second-order valence-corrected chi connectivity index (χ2v) is 16.0. The summed E-state index contributed by atoms with van der Waals surface area (Å²) in [5.41, 5.74) is 5.49. The Balaban J connectivity index is 0.829. The van der Waals surface area contributed by atoms with Crippen LogP contribution in [-0.2, 0) is 18.9 Å². The van der Waals surface area contributed by atoms with Crippen molar-refractivity contribution in [3.05, 3.63) is 107 Å². The van der Waals surface area contributed by atoms with E-state index in [0.717, 1.165) is 100 Å². The Kier molecular flexibility index (Phi) is 13.8. The van der Waals surface area contributed by atoms with Crippen molar-refractivity contribution in [1.29, 1.82) is 0 Å². The van der Waals surface area contributed by atoms with Crippen LogP contribution in [0.3, 0.4) is 0 Å². The molecule has 3 aliphatic rings. The number of carbonyl (C=O) groups excluding carboxylic acids is 2. The molecule has 0 N–H and O–H groups in total. The third-order valence-electron chi connectivity index (χ3n) is 11.7. The van der Waals surface area contributed by atoms with E-state index in [1.807, 2.05) is 36.4 Å². The fourth-order valence-corrected chi connectivity index (χ4v) is 7.42. The molecule has 58 heavy (non-hydrogen) atoms. The minimum atomic E-state index is -0.441. The maximum Gasteiger partial charge on any atom is 0.343 e. The van der Waals surface area contributed by atoms with Gasteiger partial charge in [-0.15, -0.1) is 0 Å². The van der Waals surface area contributed by atoms with Crippen LogP contribution in [0, 0.1) is 10.8 Å². The van der Waals surface area contributed by atoms with Crippen LogP contribution in [0.1, 0.15) is 97.1 Å².